The first kappa shape index (κ1) is 12.9. The number of H-pyrrole nitrogens is 1. The number of nitrogens with zero attached hydrogens (tertiary/aromatic N) is 1. The van der Waals surface area contributed by atoms with Crippen molar-refractivity contribution in [3.8, 4) is 0 Å². The van der Waals surface area contributed by atoms with Gasteiger partial charge in [-0.05, 0) is 37.1 Å². The van der Waals surface area contributed by atoms with Crippen molar-refractivity contribution in [2.45, 2.75) is 26.9 Å². The molecule has 0 fully saturated rings. The van der Waals surface area contributed by atoms with E-state index in [4.69, 9.17) is 4.74 Å². The molecule has 0 aliphatic carbocycles. The number of amides is 1. The Morgan fingerprint density at radius 1 is 1.30 bits per heavy atom. The van der Waals surface area contributed by atoms with Crippen molar-refractivity contribution in [2.75, 3.05) is 11.9 Å². The highest BCUT2D eigenvalue weighted by Crippen LogP contribution is 2.20. The summed E-state index contributed by atoms with van der Waals surface area (Å²) < 4.78 is 5.39. The molecule has 0 unspecified atom stereocenters. The van der Waals surface area contributed by atoms with Crippen LogP contribution < -0.4 is 5.32 Å². The number of carbonyl (C=O) groups excluding carboxylic acids is 1. The number of fused-ring (bicyclic) bond motifs is 1. The zero-order valence-corrected chi connectivity index (χ0v) is 11.6. The monoisotopic (exact) mass is 271 g/mol. The molecule has 0 atom stereocenters. The fourth-order valence-corrected chi connectivity index (χ4v) is 2.54. The van der Waals surface area contributed by atoms with Crippen molar-refractivity contribution in [3.63, 3.8) is 0 Å². The Kier molecular flexibility index (Phi) is 3.28. The van der Waals surface area contributed by atoms with Crippen molar-refractivity contribution in [3.05, 3.63) is 46.3 Å². The Labute approximate surface area is 117 Å². The number of benzene rings is 1. The van der Waals surface area contributed by atoms with E-state index in [1.54, 1.807) is 0 Å². The lowest BCUT2D eigenvalue weighted by molar-refractivity contribution is 0.0985. The van der Waals surface area contributed by atoms with Crippen molar-refractivity contribution in [1.82, 2.24) is 10.2 Å². The average Bonchev–Trinajstić information content (AvgIpc) is 2.81. The van der Waals surface area contributed by atoms with Crippen LogP contribution in [0.3, 0.4) is 0 Å². The highest BCUT2D eigenvalue weighted by molar-refractivity contribution is 6.04. The van der Waals surface area contributed by atoms with Crippen molar-refractivity contribution >= 4 is 11.6 Å². The number of ether oxygens (including phenoxy) is 1. The zero-order chi connectivity index (χ0) is 14.1. The number of rotatable bonds is 2. The number of hydrogen-bond donors (Lipinski definition) is 2. The summed E-state index contributed by atoms with van der Waals surface area (Å²) >= 11 is 0. The van der Waals surface area contributed by atoms with Gasteiger partial charge in [0.1, 0.15) is 0 Å². The largest absolute Gasteiger partial charge is 0.376 e. The van der Waals surface area contributed by atoms with Gasteiger partial charge in [-0.25, -0.2) is 0 Å². The molecule has 2 aromatic rings. The van der Waals surface area contributed by atoms with Crippen LogP contribution in [0.2, 0.25) is 0 Å². The number of anilines is 1. The number of nitrogens with one attached hydrogen (secondary N) is 2. The van der Waals surface area contributed by atoms with E-state index in [9.17, 15) is 4.79 Å². The van der Waals surface area contributed by atoms with Gasteiger partial charge >= 0.3 is 0 Å². The van der Waals surface area contributed by atoms with Gasteiger partial charge < -0.3 is 10.1 Å². The molecule has 0 spiro atoms. The predicted octanol–water partition coefficient (Wildman–Crippen LogP) is 2.35. The van der Waals surface area contributed by atoms with Crippen LogP contribution in [0.4, 0.5) is 5.69 Å². The summed E-state index contributed by atoms with van der Waals surface area (Å²) in [6.45, 7) is 5.13. The fourth-order valence-electron chi connectivity index (χ4n) is 2.54. The Balaban J connectivity index is 1.84. The normalized spacial score (nSPS) is 13.9. The summed E-state index contributed by atoms with van der Waals surface area (Å²) in [5.74, 6) is -0.196. The third-order valence-corrected chi connectivity index (χ3v) is 3.39. The van der Waals surface area contributed by atoms with E-state index in [2.05, 4.69) is 21.6 Å². The van der Waals surface area contributed by atoms with Gasteiger partial charge in [-0.1, -0.05) is 6.07 Å². The Morgan fingerprint density at radius 3 is 2.80 bits per heavy atom. The van der Waals surface area contributed by atoms with Gasteiger partial charge in [-0.3, -0.25) is 9.89 Å². The molecule has 104 valence electrons. The molecule has 5 nitrogen and oxygen atoms in total. The van der Waals surface area contributed by atoms with E-state index in [1.807, 2.05) is 26.0 Å². The number of carbonyl (C=O) groups is 1. The molecule has 2 heterocycles. The average molecular weight is 271 g/mol. The number of aryl methyl sites for hydroxylation is 2. The SMILES string of the molecule is Cc1cc(C)cc(NC(=O)c2n[nH]c3c2COCC3)c1. The summed E-state index contributed by atoms with van der Waals surface area (Å²) in [5.41, 5.74) is 5.33. The van der Waals surface area contributed by atoms with Gasteiger partial charge in [0, 0.05) is 23.4 Å². The van der Waals surface area contributed by atoms with Gasteiger partial charge in [0.25, 0.3) is 5.91 Å². The van der Waals surface area contributed by atoms with Crippen LogP contribution in [0.5, 0.6) is 0 Å². The lowest BCUT2D eigenvalue weighted by atomic mass is 10.1. The van der Waals surface area contributed by atoms with Crippen LogP contribution in [-0.4, -0.2) is 22.7 Å². The third-order valence-electron chi connectivity index (χ3n) is 3.39. The van der Waals surface area contributed by atoms with Gasteiger partial charge in [0.2, 0.25) is 0 Å². The smallest absolute Gasteiger partial charge is 0.276 e. The Morgan fingerprint density at radius 2 is 2.05 bits per heavy atom. The maximum Gasteiger partial charge on any atom is 0.276 e. The van der Waals surface area contributed by atoms with Crippen molar-refractivity contribution in [1.29, 1.82) is 0 Å². The van der Waals surface area contributed by atoms with E-state index in [0.29, 0.717) is 18.9 Å². The second-order valence-electron chi connectivity index (χ2n) is 5.16. The first-order chi connectivity index (χ1) is 9.63. The first-order valence-electron chi connectivity index (χ1n) is 6.67. The molecule has 0 bridgehead atoms. The van der Waals surface area contributed by atoms with Gasteiger partial charge in [0.05, 0.1) is 13.2 Å². The molecule has 0 saturated carbocycles. The Hall–Kier alpha value is -2.14. The molecule has 1 aliphatic rings. The maximum absolute atomic E-state index is 12.3. The van der Waals surface area contributed by atoms with E-state index < -0.39 is 0 Å². The summed E-state index contributed by atoms with van der Waals surface area (Å²) in [4.78, 5) is 12.3. The summed E-state index contributed by atoms with van der Waals surface area (Å²) in [7, 11) is 0. The number of aromatic amines is 1. The highest BCUT2D eigenvalue weighted by atomic mass is 16.5. The maximum atomic E-state index is 12.3. The molecule has 0 saturated heterocycles. The van der Waals surface area contributed by atoms with Gasteiger partial charge in [0.15, 0.2) is 5.69 Å². The summed E-state index contributed by atoms with van der Waals surface area (Å²) in [6, 6.07) is 5.96. The quantitative estimate of drug-likeness (QED) is 0.881. The molecule has 1 amide bonds. The standard InChI is InChI=1S/C15H17N3O2/c1-9-5-10(2)7-11(6-9)16-15(19)14-12-8-20-4-3-13(12)17-18-14/h5-7H,3-4,8H2,1-2H3,(H,16,19)(H,17,18). The molecule has 1 aromatic carbocycles. The number of hydrogen-bond acceptors (Lipinski definition) is 3. The summed E-state index contributed by atoms with van der Waals surface area (Å²) in [6.07, 6.45) is 0.777. The lowest BCUT2D eigenvalue weighted by Crippen LogP contribution is -2.17. The van der Waals surface area contributed by atoms with Crippen LogP contribution >= 0.6 is 0 Å². The highest BCUT2D eigenvalue weighted by Gasteiger charge is 2.22. The van der Waals surface area contributed by atoms with Crippen LogP contribution in [0, 0.1) is 13.8 Å². The van der Waals surface area contributed by atoms with Crippen molar-refractivity contribution < 1.29 is 9.53 Å². The van der Waals surface area contributed by atoms with Crippen LogP contribution in [0.1, 0.15) is 32.9 Å². The molecular formula is C15H17N3O2. The minimum atomic E-state index is -0.196. The third kappa shape index (κ3) is 2.44. The molecule has 0 radical (unpaired) electrons. The molecule has 1 aliphatic heterocycles. The number of aromatic nitrogens is 2. The lowest BCUT2D eigenvalue weighted by Gasteiger charge is -2.12. The minimum absolute atomic E-state index is 0.196. The van der Waals surface area contributed by atoms with Crippen LogP contribution in [0.15, 0.2) is 18.2 Å². The van der Waals surface area contributed by atoms with Crippen LogP contribution in [-0.2, 0) is 17.8 Å². The topological polar surface area (TPSA) is 67.0 Å². The van der Waals surface area contributed by atoms with Crippen LogP contribution in [0.25, 0.3) is 0 Å². The van der Waals surface area contributed by atoms with E-state index in [-0.39, 0.29) is 5.91 Å². The Bertz CT molecular complexity index is 641. The molecule has 1 aromatic heterocycles. The van der Waals surface area contributed by atoms with Gasteiger partial charge in [-0.2, -0.15) is 5.10 Å². The van der Waals surface area contributed by atoms with Gasteiger partial charge in [-0.15, -0.1) is 0 Å². The molecule has 2 N–H and O–H groups in total. The van der Waals surface area contributed by atoms with Crippen molar-refractivity contribution in [2.24, 2.45) is 0 Å². The molecule has 3 rings (SSSR count). The van der Waals surface area contributed by atoms with E-state index in [1.165, 1.54) is 0 Å². The second-order valence-corrected chi connectivity index (χ2v) is 5.16. The van der Waals surface area contributed by atoms with E-state index in [0.717, 1.165) is 34.5 Å². The second kappa shape index (κ2) is 5.09. The molecular weight excluding hydrogens is 254 g/mol. The van der Waals surface area contributed by atoms with E-state index >= 15 is 0 Å². The summed E-state index contributed by atoms with van der Waals surface area (Å²) in [5, 5.41) is 9.95. The molecule has 5 heteroatoms. The first-order valence-corrected chi connectivity index (χ1v) is 6.67. The zero-order valence-electron chi connectivity index (χ0n) is 11.6. The predicted molar refractivity (Wildman–Crippen MR) is 75.8 cm³/mol. The minimum Gasteiger partial charge on any atom is -0.376 e. The molecule has 20 heavy (non-hydrogen) atoms. The fraction of sp³-hybridized carbons (Fsp3) is 0.333.